The lowest BCUT2D eigenvalue weighted by Gasteiger charge is -2.27. The van der Waals surface area contributed by atoms with Crippen LogP contribution >= 0.6 is 0 Å². The number of piperidine rings is 1. The number of anilines is 4. The zero-order valence-corrected chi connectivity index (χ0v) is 17.7. The first-order valence-electron chi connectivity index (χ1n) is 10.3. The molecule has 0 spiro atoms. The van der Waals surface area contributed by atoms with E-state index in [0.717, 1.165) is 24.6 Å². The van der Waals surface area contributed by atoms with Crippen molar-refractivity contribution in [1.82, 2.24) is 15.0 Å². The van der Waals surface area contributed by atoms with Gasteiger partial charge in [-0.2, -0.15) is 4.98 Å². The molecule has 32 heavy (non-hydrogen) atoms. The van der Waals surface area contributed by atoms with Crippen molar-refractivity contribution in [2.75, 3.05) is 35.7 Å². The molecule has 0 unspecified atom stereocenters. The van der Waals surface area contributed by atoms with Gasteiger partial charge in [-0.15, -0.1) is 0 Å². The van der Waals surface area contributed by atoms with E-state index in [1.165, 1.54) is 25.5 Å². The molecule has 166 valence electrons. The van der Waals surface area contributed by atoms with E-state index in [1.807, 2.05) is 12.1 Å². The number of primary amides is 1. The molecule has 2 aromatic heterocycles. The monoisotopic (exact) mass is 435 g/mol. The first-order chi connectivity index (χ1) is 15.6. The number of rotatable bonds is 7. The van der Waals surface area contributed by atoms with Gasteiger partial charge in [0.25, 0.3) is 0 Å². The number of hydrogen-bond acceptors (Lipinski definition) is 8. The number of nitrogens with two attached hydrogens (primary N) is 1. The molecule has 3 heterocycles. The second kappa shape index (κ2) is 9.82. The van der Waals surface area contributed by atoms with Gasteiger partial charge in [0.05, 0.1) is 25.2 Å². The standard InChI is InChI=1S/C22H25N7O3/c1-31-16-6-8-17(9-7-16)32-20-18(27-21(23)30)14-25-22(28-20)26-15-5-10-19(24-13-15)29-11-3-2-4-12-29/h5-10,13-14H,2-4,11-12H2,1H3,(H3,23,27,30)(H,25,26,28). The minimum Gasteiger partial charge on any atom is -0.497 e. The average Bonchev–Trinajstić information content (AvgIpc) is 2.82. The number of ether oxygens (including phenoxy) is 2. The molecule has 0 bridgehead atoms. The third kappa shape index (κ3) is 5.34. The van der Waals surface area contributed by atoms with Crippen molar-refractivity contribution in [3.8, 4) is 17.4 Å². The maximum absolute atomic E-state index is 11.4. The van der Waals surface area contributed by atoms with Crippen LogP contribution in [0.15, 0.2) is 48.8 Å². The van der Waals surface area contributed by atoms with Crippen LogP contribution < -0.4 is 30.7 Å². The molecular weight excluding hydrogens is 410 g/mol. The summed E-state index contributed by atoms with van der Waals surface area (Å²) in [7, 11) is 1.58. The van der Waals surface area contributed by atoms with Crippen molar-refractivity contribution in [1.29, 1.82) is 0 Å². The molecule has 0 atom stereocenters. The van der Waals surface area contributed by atoms with E-state index < -0.39 is 6.03 Å². The summed E-state index contributed by atoms with van der Waals surface area (Å²) in [5.41, 5.74) is 6.24. The SMILES string of the molecule is COc1ccc(Oc2nc(Nc3ccc(N4CCCCC4)nc3)ncc2NC(N)=O)cc1. The topological polar surface area (TPSA) is 128 Å². The molecule has 1 aliphatic rings. The minimum absolute atomic E-state index is 0.143. The number of benzene rings is 1. The highest BCUT2D eigenvalue weighted by Crippen LogP contribution is 2.30. The fourth-order valence-electron chi connectivity index (χ4n) is 3.38. The highest BCUT2D eigenvalue weighted by atomic mass is 16.5. The molecule has 10 heteroatoms. The predicted octanol–water partition coefficient (Wildman–Crippen LogP) is 3.90. The smallest absolute Gasteiger partial charge is 0.316 e. The molecule has 1 fully saturated rings. The van der Waals surface area contributed by atoms with Crippen molar-refractivity contribution in [3.05, 3.63) is 48.8 Å². The average molecular weight is 435 g/mol. The largest absolute Gasteiger partial charge is 0.497 e. The highest BCUT2D eigenvalue weighted by Gasteiger charge is 2.14. The number of carbonyl (C=O) groups is 1. The Morgan fingerprint density at radius 2 is 1.75 bits per heavy atom. The summed E-state index contributed by atoms with van der Waals surface area (Å²) in [6, 6.07) is 10.1. The Hall–Kier alpha value is -4.08. The summed E-state index contributed by atoms with van der Waals surface area (Å²) >= 11 is 0. The molecule has 10 nitrogen and oxygen atoms in total. The van der Waals surface area contributed by atoms with Gasteiger partial charge in [-0.05, 0) is 55.7 Å². The number of urea groups is 1. The van der Waals surface area contributed by atoms with Gasteiger partial charge in [0.1, 0.15) is 23.0 Å². The lowest BCUT2D eigenvalue weighted by Crippen LogP contribution is -2.29. The van der Waals surface area contributed by atoms with Gasteiger partial charge in [-0.1, -0.05) is 0 Å². The van der Waals surface area contributed by atoms with E-state index in [-0.39, 0.29) is 17.5 Å². The van der Waals surface area contributed by atoms with E-state index in [1.54, 1.807) is 37.6 Å². The summed E-state index contributed by atoms with van der Waals surface area (Å²) in [6.07, 6.45) is 6.83. The molecular formula is C22H25N7O3. The lowest BCUT2D eigenvalue weighted by molar-refractivity contribution is 0.259. The van der Waals surface area contributed by atoms with Crippen LogP contribution in [0, 0.1) is 0 Å². The van der Waals surface area contributed by atoms with E-state index in [0.29, 0.717) is 11.5 Å². The number of nitrogens with one attached hydrogen (secondary N) is 2. The number of pyridine rings is 1. The molecule has 0 aliphatic carbocycles. The van der Waals surface area contributed by atoms with Crippen LogP contribution in [0.3, 0.4) is 0 Å². The Labute approximate surface area is 185 Å². The van der Waals surface area contributed by atoms with Crippen LogP contribution in [0.1, 0.15) is 19.3 Å². The van der Waals surface area contributed by atoms with Gasteiger partial charge >= 0.3 is 6.03 Å². The van der Waals surface area contributed by atoms with Crippen molar-refractivity contribution in [2.24, 2.45) is 5.73 Å². The Bertz CT molecular complexity index is 1050. The van der Waals surface area contributed by atoms with Gasteiger partial charge in [0, 0.05) is 13.1 Å². The Morgan fingerprint density at radius 1 is 1.00 bits per heavy atom. The molecule has 1 saturated heterocycles. The molecule has 3 aromatic rings. The van der Waals surface area contributed by atoms with Crippen LogP contribution in [0.5, 0.6) is 17.4 Å². The van der Waals surface area contributed by atoms with Crippen LogP contribution in [0.25, 0.3) is 0 Å². The summed E-state index contributed by atoms with van der Waals surface area (Å²) in [5, 5.41) is 5.58. The minimum atomic E-state index is -0.744. The quantitative estimate of drug-likeness (QED) is 0.510. The van der Waals surface area contributed by atoms with Crippen molar-refractivity contribution < 1.29 is 14.3 Å². The Balaban J connectivity index is 1.51. The number of amides is 2. The van der Waals surface area contributed by atoms with Gasteiger partial charge in [0.15, 0.2) is 0 Å². The van der Waals surface area contributed by atoms with Crippen LogP contribution in [-0.2, 0) is 0 Å². The Kier molecular flexibility index (Phi) is 6.49. The molecule has 0 radical (unpaired) electrons. The van der Waals surface area contributed by atoms with Crippen LogP contribution in [0.4, 0.5) is 27.9 Å². The maximum atomic E-state index is 11.4. The predicted molar refractivity (Wildman–Crippen MR) is 122 cm³/mol. The first kappa shape index (κ1) is 21.2. The number of hydrogen-bond donors (Lipinski definition) is 3. The van der Waals surface area contributed by atoms with E-state index in [2.05, 4.69) is 30.5 Å². The molecule has 2 amide bonds. The van der Waals surface area contributed by atoms with Crippen molar-refractivity contribution in [3.63, 3.8) is 0 Å². The summed E-state index contributed by atoms with van der Waals surface area (Å²) in [4.78, 5) is 26.8. The van der Waals surface area contributed by atoms with Gasteiger partial charge in [0.2, 0.25) is 11.8 Å². The maximum Gasteiger partial charge on any atom is 0.316 e. The second-order valence-electron chi connectivity index (χ2n) is 7.26. The number of methoxy groups -OCH3 is 1. The summed E-state index contributed by atoms with van der Waals surface area (Å²) < 4.78 is 11.0. The van der Waals surface area contributed by atoms with Crippen LogP contribution in [-0.4, -0.2) is 41.2 Å². The Morgan fingerprint density at radius 3 is 2.41 bits per heavy atom. The summed E-state index contributed by atoms with van der Waals surface area (Å²) in [5.74, 6) is 2.59. The number of nitrogens with zero attached hydrogens (tertiary/aromatic N) is 4. The third-order valence-corrected chi connectivity index (χ3v) is 4.97. The molecule has 1 aliphatic heterocycles. The third-order valence-electron chi connectivity index (χ3n) is 4.97. The second-order valence-corrected chi connectivity index (χ2v) is 7.26. The number of aromatic nitrogens is 3. The first-order valence-corrected chi connectivity index (χ1v) is 10.3. The highest BCUT2D eigenvalue weighted by molar-refractivity contribution is 5.89. The zero-order chi connectivity index (χ0) is 22.3. The normalized spacial score (nSPS) is 13.3. The lowest BCUT2D eigenvalue weighted by atomic mass is 10.1. The molecule has 1 aromatic carbocycles. The van der Waals surface area contributed by atoms with Crippen LogP contribution in [0.2, 0.25) is 0 Å². The van der Waals surface area contributed by atoms with E-state index >= 15 is 0 Å². The molecule has 4 rings (SSSR count). The zero-order valence-electron chi connectivity index (χ0n) is 17.7. The van der Waals surface area contributed by atoms with Crippen molar-refractivity contribution in [2.45, 2.75) is 19.3 Å². The van der Waals surface area contributed by atoms with Crippen molar-refractivity contribution >= 4 is 29.2 Å². The molecule has 0 saturated carbocycles. The van der Waals surface area contributed by atoms with E-state index in [9.17, 15) is 4.79 Å². The van der Waals surface area contributed by atoms with Gasteiger partial charge in [-0.25, -0.2) is 14.8 Å². The fraction of sp³-hybridized carbons (Fsp3) is 0.273. The van der Waals surface area contributed by atoms with Gasteiger partial charge < -0.3 is 30.7 Å². The van der Waals surface area contributed by atoms with Gasteiger partial charge in [-0.3, -0.25) is 0 Å². The fourth-order valence-corrected chi connectivity index (χ4v) is 3.38. The summed E-state index contributed by atoms with van der Waals surface area (Å²) in [6.45, 7) is 2.06. The van der Waals surface area contributed by atoms with E-state index in [4.69, 9.17) is 15.2 Å². The molecule has 4 N–H and O–H groups in total. The number of carbonyl (C=O) groups excluding carboxylic acids is 1.